The van der Waals surface area contributed by atoms with Crippen LogP contribution in [0, 0.1) is 11.3 Å². The van der Waals surface area contributed by atoms with Crippen LogP contribution in [0.15, 0.2) is 48.0 Å². The second-order valence-electron chi connectivity index (χ2n) is 6.59. The highest BCUT2D eigenvalue weighted by atomic mass is 16.5. The van der Waals surface area contributed by atoms with Crippen LogP contribution in [0.2, 0.25) is 0 Å². The summed E-state index contributed by atoms with van der Waals surface area (Å²) in [6.45, 7) is 6.69. The summed E-state index contributed by atoms with van der Waals surface area (Å²) < 4.78 is 5.39. The first kappa shape index (κ1) is 15.4. The fourth-order valence-corrected chi connectivity index (χ4v) is 3.50. The molecule has 0 amide bonds. The van der Waals surface area contributed by atoms with Crippen molar-refractivity contribution < 1.29 is 4.74 Å². The summed E-state index contributed by atoms with van der Waals surface area (Å²) in [6, 6.07) is 16.5. The molecule has 0 unspecified atom stereocenters. The van der Waals surface area contributed by atoms with E-state index in [0.717, 1.165) is 23.3 Å². The maximum absolute atomic E-state index is 9.45. The third-order valence-electron chi connectivity index (χ3n) is 5.12. The monoisotopic (exact) mass is 303 g/mol. The number of fused-ring (bicyclic) bond motifs is 1. The average Bonchev–Trinajstić information content (AvgIpc) is 2.57. The molecule has 3 rings (SSSR count). The number of ether oxygens (including phenoxy) is 1. The third kappa shape index (κ3) is 2.43. The predicted octanol–water partition coefficient (Wildman–Crippen LogP) is 4.87. The van der Waals surface area contributed by atoms with Crippen LogP contribution < -0.4 is 4.74 Å². The van der Waals surface area contributed by atoms with Gasteiger partial charge in [-0.3, -0.25) is 0 Å². The lowest BCUT2D eigenvalue weighted by Crippen LogP contribution is -2.26. The topological polar surface area (TPSA) is 33.0 Å². The highest BCUT2D eigenvalue weighted by molar-refractivity contribution is 5.79. The van der Waals surface area contributed by atoms with Gasteiger partial charge in [0.15, 0.2) is 0 Å². The Morgan fingerprint density at radius 3 is 2.57 bits per heavy atom. The lowest BCUT2D eigenvalue weighted by Gasteiger charge is -2.36. The molecule has 0 heterocycles. The number of allylic oxidation sites excluding steroid dienone is 2. The Bertz CT molecular complexity index is 837. The molecule has 116 valence electrons. The Morgan fingerprint density at radius 1 is 1.13 bits per heavy atom. The molecule has 0 bridgehead atoms. The van der Waals surface area contributed by atoms with Crippen LogP contribution in [0.5, 0.6) is 5.75 Å². The van der Waals surface area contributed by atoms with Crippen molar-refractivity contribution in [3.8, 4) is 11.8 Å². The number of benzene rings is 2. The van der Waals surface area contributed by atoms with Crippen molar-refractivity contribution in [1.29, 1.82) is 5.26 Å². The summed E-state index contributed by atoms with van der Waals surface area (Å²) in [7, 11) is 1.70. The lowest BCUT2D eigenvalue weighted by molar-refractivity contribution is 0.413. The molecule has 0 radical (unpaired) electrons. The van der Waals surface area contributed by atoms with Gasteiger partial charge in [-0.25, -0.2) is 0 Å². The van der Waals surface area contributed by atoms with Crippen LogP contribution in [-0.2, 0) is 11.8 Å². The maximum Gasteiger partial charge on any atom is 0.119 e. The largest absolute Gasteiger partial charge is 0.497 e. The van der Waals surface area contributed by atoms with E-state index in [0.29, 0.717) is 0 Å². The second-order valence-corrected chi connectivity index (χ2v) is 6.59. The SMILES string of the molecule is COc1ccc2c(c1)CC(c1ccccc1C#N)=C(C)C2(C)C. The Hall–Kier alpha value is -2.53. The Kier molecular flexibility index (Phi) is 3.74. The number of nitriles is 1. The standard InChI is InChI=1S/C21H21NO/c1-14-19(18-8-6-5-7-15(18)13-22)12-16-11-17(23-4)9-10-20(16)21(14,2)3/h5-11H,12H2,1-4H3. The molecular formula is C21H21NO. The van der Waals surface area contributed by atoms with Gasteiger partial charge < -0.3 is 4.74 Å². The molecule has 0 saturated carbocycles. The Balaban J connectivity index is 2.21. The molecule has 0 fully saturated rings. The minimum absolute atomic E-state index is 0.0578. The normalized spacial score (nSPS) is 15.8. The smallest absolute Gasteiger partial charge is 0.119 e. The first-order chi connectivity index (χ1) is 11.0. The van der Waals surface area contributed by atoms with Crippen molar-refractivity contribution in [2.75, 3.05) is 7.11 Å². The molecule has 2 nitrogen and oxygen atoms in total. The van der Waals surface area contributed by atoms with E-state index in [1.807, 2.05) is 24.3 Å². The molecule has 0 saturated heterocycles. The molecule has 2 heteroatoms. The molecule has 0 N–H and O–H groups in total. The van der Waals surface area contributed by atoms with Gasteiger partial charge in [-0.1, -0.05) is 43.7 Å². The van der Waals surface area contributed by atoms with Crippen LogP contribution in [-0.4, -0.2) is 7.11 Å². The fourth-order valence-electron chi connectivity index (χ4n) is 3.50. The zero-order chi connectivity index (χ0) is 16.6. The van der Waals surface area contributed by atoms with Crippen LogP contribution in [0.1, 0.15) is 43.0 Å². The van der Waals surface area contributed by atoms with E-state index in [1.165, 1.54) is 22.3 Å². The van der Waals surface area contributed by atoms with Crippen LogP contribution in [0.25, 0.3) is 5.57 Å². The Morgan fingerprint density at radius 2 is 1.87 bits per heavy atom. The molecule has 2 aromatic rings. The maximum atomic E-state index is 9.45. The Labute approximate surface area is 138 Å². The molecule has 2 aromatic carbocycles. The van der Waals surface area contributed by atoms with Gasteiger partial charge in [-0.05, 0) is 53.8 Å². The van der Waals surface area contributed by atoms with Crippen molar-refractivity contribution >= 4 is 5.57 Å². The van der Waals surface area contributed by atoms with E-state index < -0.39 is 0 Å². The van der Waals surface area contributed by atoms with Crippen LogP contribution in [0.4, 0.5) is 0 Å². The van der Waals surface area contributed by atoms with Gasteiger partial charge in [-0.2, -0.15) is 5.26 Å². The summed E-state index contributed by atoms with van der Waals surface area (Å²) in [5, 5.41) is 9.45. The van der Waals surface area contributed by atoms with Gasteiger partial charge in [-0.15, -0.1) is 0 Å². The van der Waals surface area contributed by atoms with Gasteiger partial charge in [0.05, 0.1) is 18.7 Å². The van der Waals surface area contributed by atoms with Crippen LogP contribution >= 0.6 is 0 Å². The molecule has 0 aromatic heterocycles. The molecule has 0 aliphatic heterocycles. The average molecular weight is 303 g/mol. The van der Waals surface area contributed by atoms with Gasteiger partial charge >= 0.3 is 0 Å². The van der Waals surface area contributed by atoms with E-state index in [-0.39, 0.29) is 5.41 Å². The lowest BCUT2D eigenvalue weighted by atomic mass is 9.68. The summed E-state index contributed by atoms with van der Waals surface area (Å²) in [6.07, 6.45) is 0.834. The molecule has 1 aliphatic rings. The molecule has 0 atom stereocenters. The van der Waals surface area contributed by atoms with E-state index in [1.54, 1.807) is 7.11 Å². The van der Waals surface area contributed by atoms with E-state index in [2.05, 4.69) is 45.0 Å². The summed E-state index contributed by atoms with van der Waals surface area (Å²) in [5.74, 6) is 0.882. The molecule has 23 heavy (non-hydrogen) atoms. The number of nitrogens with zero attached hydrogens (tertiary/aromatic N) is 1. The van der Waals surface area contributed by atoms with Crippen molar-refractivity contribution in [3.63, 3.8) is 0 Å². The second kappa shape index (κ2) is 5.59. The first-order valence-electron chi connectivity index (χ1n) is 7.86. The van der Waals surface area contributed by atoms with E-state index in [4.69, 9.17) is 4.74 Å². The highest BCUT2D eigenvalue weighted by Crippen LogP contribution is 2.45. The number of hydrogen-bond acceptors (Lipinski definition) is 2. The van der Waals surface area contributed by atoms with Crippen molar-refractivity contribution in [3.05, 3.63) is 70.3 Å². The fraction of sp³-hybridized carbons (Fsp3) is 0.286. The molecule has 0 spiro atoms. The predicted molar refractivity (Wildman–Crippen MR) is 93.5 cm³/mol. The summed E-state index contributed by atoms with van der Waals surface area (Å²) in [4.78, 5) is 0. The van der Waals surface area contributed by atoms with Gasteiger partial charge in [0.2, 0.25) is 0 Å². The molecular weight excluding hydrogens is 282 g/mol. The number of methoxy groups -OCH3 is 1. The zero-order valence-electron chi connectivity index (χ0n) is 14.1. The first-order valence-corrected chi connectivity index (χ1v) is 7.86. The zero-order valence-corrected chi connectivity index (χ0v) is 14.1. The van der Waals surface area contributed by atoms with Gasteiger partial charge in [0.25, 0.3) is 0 Å². The van der Waals surface area contributed by atoms with Crippen molar-refractivity contribution in [2.24, 2.45) is 0 Å². The quantitative estimate of drug-likeness (QED) is 0.792. The number of hydrogen-bond donors (Lipinski definition) is 0. The molecule has 1 aliphatic carbocycles. The van der Waals surface area contributed by atoms with Crippen LogP contribution in [0.3, 0.4) is 0 Å². The minimum atomic E-state index is -0.0578. The van der Waals surface area contributed by atoms with Crippen molar-refractivity contribution in [2.45, 2.75) is 32.6 Å². The summed E-state index contributed by atoms with van der Waals surface area (Å²) >= 11 is 0. The third-order valence-corrected chi connectivity index (χ3v) is 5.12. The van der Waals surface area contributed by atoms with Crippen molar-refractivity contribution in [1.82, 2.24) is 0 Å². The summed E-state index contributed by atoms with van der Waals surface area (Å²) in [5.41, 5.74) is 6.94. The highest BCUT2D eigenvalue weighted by Gasteiger charge is 2.33. The van der Waals surface area contributed by atoms with Gasteiger partial charge in [0, 0.05) is 5.41 Å². The number of rotatable bonds is 2. The minimum Gasteiger partial charge on any atom is -0.497 e. The van der Waals surface area contributed by atoms with Gasteiger partial charge in [0.1, 0.15) is 5.75 Å². The van der Waals surface area contributed by atoms with E-state index in [9.17, 15) is 5.26 Å². The van der Waals surface area contributed by atoms with E-state index >= 15 is 0 Å².